The van der Waals surface area contributed by atoms with Crippen molar-refractivity contribution in [1.82, 2.24) is 0 Å². The van der Waals surface area contributed by atoms with E-state index < -0.39 is 0 Å². The van der Waals surface area contributed by atoms with Crippen LogP contribution >= 0.6 is 0 Å². The van der Waals surface area contributed by atoms with Crippen molar-refractivity contribution < 1.29 is 4.39 Å². The van der Waals surface area contributed by atoms with Gasteiger partial charge in [0.05, 0.1) is 0 Å². The summed E-state index contributed by atoms with van der Waals surface area (Å²) in [6, 6.07) is 4.90. The molecule has 0 aromatic heterocycles. The van der Waals surface area contributed by atoms with Gasteiger partial charge in [-0.2, -0.15) is 0 Å². The summed E-state index contributed by atoms with van der Waals surface area (Å²) in [6.07, 6.45) is 2.76. The Morgan fingerprint density at radius 2 is 2.33 bits per heavy atom. The predicted molar refractivity (Wildman–Crippen MR) is 52.9 cm³/mol. The number of hydrogen-bond donors (Lipinski definition) is 0. The third kappa shape index (κ3) is 2.23. The average Bonchev–Trinajstić information content (AvgIpc) is 2.07. The fourth-order valence-corrected chi connectivity index (χ4v) is 1.17. The first-order chi connectivity index (χ1) is 5.74. The molecule has 2 heteroatoms. The molecule has 0 aliphatic rings. The Morgan fingerprint density at radius 1 is 1.58 bits per heavy atom. The molecule has 62 valence electrons. The molecular formula is C10H12BF. The summed E-state index contributed by atoms with van der Waals surface area (Å²) in [7, 11) is 0.882. The van der Waals surface area contributed by atoms with Crippen LogP contribution in [0.25, 0.3) is 0 Å². The molecule has 0 fully saturated rings. The molecule has 0 saturated carbocycles. The molecule has 0 unspecified atom stereocenters. The zero-order valence-corrected chi connectivity index (χ0v) is 7.31. The molecule has 0 atom stereocenters. The van der Waals surface area contributed by atoms with Gasteiger partial charge in [-0.15, -0.1) is 6.58 Å². The van der Waals surface area contributed by atoms with Gasteiger partial charge in [-0.25, -0.2) is 4.39 Å². The highest BCUT2D eigenvalue weighted by atomic mass is 19.1. The van der Waals surface area contributed by atoms with Gasteiger partial charge in [0.2, 0.25) is 0 Å². The van der Waals surface area contributed by atoms with E-state index in [4.69, 9.17) is 0 Å². The maximum Gasteiger partial charge on any atom is 0.162 e. The van der Waals surface area contributed by atoms with Crippen LogP contribution in [0.15, 0.2) is 30.9 Å². The second-order valence-corrected chi connectivity index (χ2v) is 2.90. The molecule has 1 aromatic carbocycles. The molecule has 0 radical (unpaired) electrons. The van der Waals surface area contributed by atoms with Crippen molar-refractivity contribution in [2.45, 2.75) is 13.2 Å². The van der Waals surface area contributed by atoms with Gasteiger partial charge in [-0.3, -0.25) is 0 Å². The minimum atomic E-state index is -0.153. The van der Waals surface area contributed by atoms with E-state index in [1.807, 2.05) is 19.1 Å². The molecule has 0 spiro atoms. The Balaban J connectivity index is 2.82. The van der Waals surface area contributed by atoms with Gasteiger partial charge in [0.1, 0.15) is 5.82 Å². The first-order valence-corrected chi connectivity index (χ1v) is 4.10. The third-order valence-electron chi connectivity index (χ3n) is 1.93. The van der Waals surface area contributed by atoms with Crippen molar-refractivity contribution in [3.05, 3.63) is 42.2 Å². The van der Waals surface area contributed by atoms with Crippen molar-refractivity contribution in [1.29, 1.82) is 0 Å². The van der Waals surface area contributed by atoms with Crippen molar-refractivity contribution in [2.75, 3.05) is 0 Å². The van der Waals surface area contributed by atoms with Crippen molar-refractivity contribution in [3.8, 4) is 0 Å². The molecule has 0 heterocycles. The maximum absolute atomic E-state index is 12.7. The molecular weight excluding hydrogens is 150 g/mol. The smallest absolute Gasteiger partial charge is 0.162 e. The number of hydrogen-bond acceptors (Lipinski definition) is 0. The van der Waals surface area contributed by atoms with E-state index in [0.717, 1.165) is 24.6 Å². The lowest BCUT2D eigenvalue weighted by molar-refractivity contribution is 0.628. The lowest BCUT2D eigenvalue weighted by Crippen LogP contribution is -2.16. The first-order valence-electron chi connectivity index (χ1n) is 4.10. The Morgan fingerprint density at radius 3 is 3.00 bits per heavy atom. The Kier molecular flexibility index (Phi) is 3.09. The Bertz CT molecular complexity index is 281. The molecule has 0 aliphatic carbocycles. The van der Waals surface area contributed by atoms with Crippen LogP contribution < -0.4 is 5.46 Å². The standard InChI is InChI=1S/C10H12BF/c1-3-6-11-10-7-9(12)5-4-8(10)2/h3-5,7,11H,1,6H2,2H3. The largest absolute Gasteiger partial charge is 0.207 e. The SMILES string of the molecule is C=CCBc1cc(F)ccc1C. The van der Waals surface area contributed by atoms with Gasteiger partial charge in [0.25, 0.3) is 0 Å². The maximum atomic E-state index is 12.7. The summed E-state index contributed by atoms with van der Waals surface area (Å²) < 4.78 is 12.7. The van der Waals surface area contributed by atoms with Crippen molar-refractivity contribution in [3.63, 3.8) is 0 Å². The molecule has 0 bridgehead atoms. The Labute approximate surface area is 73.4 Å². The summed E-state index contributed by atoms with van der Waals surface area (Å²) >= 11 is 0. The van der Waals surface area contributed by atoms with Crippen LogP contribution in [0.1, 0.15) is 5.56 Å². The molecule has 0 nitrogen and oxygen atoms in total. The van der Waals surface area contributed by atoms with E-state index >= 15 is 0 Å². The summed E-state index contributed by atoms with van der Waals surface area (Å²) in [5, 5.41) is 0. The first kappa shape index (κ1) is 9.05. The van der Waals surface area contributed by atoms with Crippen LogP contribution in [0, 0.1) is 12.7 Å². The quantitative estimate of drug-likeness (QED) is 0.469. The van der Waals surface area contributed by atoms with Gasteiger partial charge in [0.15, 0.2) is 7.28 Å². The second kappa shape index (κ2) is 4.10. The number of rotatable bonds is 3. The van der Waals surface area contributed by atoms with E-state index in [2.05, 4.69) is 6.58 Å². The minimum absolute atomic E-state index is 0.153. The summed E-state index contributed by atoms with van der Waals surface area (Å²) in [4.78, 5) is 0. The molecule has 12 heavy (non-hydrogen) atoms. The summed E-state index contributed by atoms with van der Waals surface area (Å²) in [5.74, 6) is -0.153. The summed E-state index contributed by atoms with van der Waals surface area (Å²) in [5.41, 5.74) is 2.23. The molecule has 0 N–H and O–H groups in total. The molecule has 1 rings (SSSR count). The third-order valence-corrected chi connectivity index (χ3v) is 1.93. The monoisotopic (exact) mass is 162 g/mol. The van der Waals surface area contributed by atoms with Crippen LogP contribution in [0.2, 0.25) is 6.32 Å². The van der Waals surface area contributed by atoms with E-state index in [0.29, 0.717) is 0 Å². The zero-order valence-electron chi connectivity index (χ0n) is 7.31. The fraction of sp³-hybridized carbons (Fsp3) is 0.200. The second-order valence-electron chi connectivity index (χ2n) is 2.90. The van der Waals surface area contributed by atoms with E-state index in [-0.39, 0.29) is 5.82 Å². The van der Waals surface area contributed by atoms with Gasteiger partial charge in [-0.1, -0.05) is 29.5 Å². The topological polar surface area (TPSA) is 0 Å². The molecule has 0 amide bonds. The normalized spacial score (nSPS) is 9.50. The number of benzene rings is 1. The highest BCUT2D eigenvalue weighted by Crippen LogP contribution is 1.98. The van der Waals surface area contributed by atoms with Crippen LogP contribution in [-0.2, 0) is 0 Å². The van der Waals surface area contributed by atoms with E-state index in [1.165, 1.54) is 6.07 Å². The number of aryl methyl sites for hydroxylation is 1. The highest BCUT2D eigenvalue weighted by Gasteiger charge is 1.99. The highest BCUT2D eigenvalue weighted by molar-refractivity contribution is 6.54. The zero-order chi connectivity index (χ0) is 8.97. The van der Waals surface area contributed by atoms with Crippen molar-refractivity contribution >= 4 is 12.7 Å². The van der Waals surface area contributed by atoms with Crippen LogP contribution in [0.3, 0.4) is 0 Å². The lowest BCUT2D eigenvalue weighted by atomic mass is 9.66. The summed E-state index contributed by atoms with van der Waals surface area (Å²) in [6.45, 7) is 5.63. The molecule has 1 aromatic rings. The molecule has 0 aliphatic heterocycles. The number of halogens is 1. The van der Waals surface area contributed by atoms with Gasteiger partial charge in [-0.05, 0) is 19.1 Å². The van der Waals surface area contributed by atoms with Gasteiger partial charge in [0, 0.05) is 0 Å². The predicted octanol–water partition coefficient (Wildman–Crippen LogP) is 1.80. The van der Waals surface area contributed by atoms with Crippen molar-refractivity contribution in [2.24, 2.45) is 0 Å². The molecule has 0 saturated heterocycles. The van der Waals surface area contributed by atoms with E-state index in [1.54, 1.807) is 6.07 Å². The fourth-order valence-electron chi connectivity index (χ4n) is 1.17. The lowest BCUT2D eigenvalue weighted by Gasteiger charge is -2.01. The van der Waals surface area contributed by atoms with Crippen LogP contribution in [-0.4, -0.2) is 7.28 Å². The number of allylic oxidation sites excluding steroid dienone is 1. The van der Waals surface area contributed by atoms with Crippen LogP contribution in [0.4, 0.5) is 4.39 Å². The Hall–Kier alpha value is -1.05. The average molecular weight is 162 g/mol. The van der Waals surface area contributed by atoms with Gasteiger partial charge >= 0.3 is 0 Å². The van der Waals surface area contributed by atoms with Crippen LogP contribution in [0.5, 0.6) is 0 Å². The van der Waals surface area contributed by atoms with Gasteiger partial charge < -0.3 is 0 Å². The van der Waals surface area contributed by atoms with E-state index in [9.17, 15) is 4.39 Å². The minimum Gasteiger partial charge on any atom is -0.207 e.